The second-order valence-corrected chi connectivity index (χ2v) is 4.44. The maximum atomic E-state index is 11.5. The molecule has 0 saturated heterocycles. The van der Waals surface area contributed by atoms with Crippen molar-refractivity contribution in [3.8, 4) is 0 Å². The van der Waals surface area contributed by atoms with Crippen LogP contribution in [0.4, 0.5) is 5.69 Å². The number of hydrogen-bond acceptors (Lipinski definition) is 4. The molecule has 0 spiro atoms. The Morgan fingerprint density at radius 1 is 1.62 bits per heavy atom. The fourth-order valence-electron chi connectivity index (χ4n) is 1.22. The van der Waals surface area contributed by atoms with Gasteiger partial charge in [-0.2, -0.15) is 16.4 Å². The van der Waals surface area contributed by atoms with Crippen LogP contribution in [0.25, 0.3) is 0 Å². The van der Waals surface area contributed by atoms with Gasteiger partial charge in [0.1, 0.15) is 5.02 Å². The lowest BCUT2D eigenvalue weighted by Gasteiger charge is -2.07. The van der Waals surface area contributed by atoms with E-state index in [0.717, 1.165) is 5.56 Å². The Kier molecular flexibility index (Phi) is 3.26. The van der Waals surface area contributed by atoms with Gasteiger partial charge < -0.3 is 5.32 Å². The first kappa shape index (κ1) is 11.2. The Balaban J connectivity index is 2.16. The molecule has 0 bridgehead atoms. The number of anilines is 1. The van der Waals surface area contributed by atoms with E-state index in [4.69, 9.17) is 11.6 Å². The van der Waals surface area contributed by atoms with Crippen molar-refractivity contribution in [2.45, 2.75) is 6.54 Å². The zero-order valence-electron chi connectivity index (χ0n) is 8.61. The minimum Gasteiger partial charge on any atom is -0.378 e. The second-order valence-electron chi connectivity index (χ2n) is 3.29. The van der Waals surface area contributed by atoms with Crippen LogP contribution in [-0.2, 0) is 13.6 Å². The molecule has 84 valence electrons. The first-order valence-corrected chi connectivity index (χ1v) is 5.97. The van der Waals surface area contributed by atoms with Gasteiger partial charge in [-0.3, -0.25) is 4.79 Å². The van der Waals surface area contributed by atoms with E-state index in [9.17, 15) is 4.79 Å². The normalized spacial score (nSPS) is 10.4. The maximum absolute atomic E-state index is 11.5. The molecule has 0 aliphatic rings. The molecule has 2 heterocycles. The van der Waals surface area contributed by atoms with E-state index in [0.29, 0.717) is 12.2 Å². The Hall–Kier alpha value is -1.33. The van der Waals surface area contributed by atoms with E-state index >= 15 is 0 Å². The van der Waals surface area contributed by atoms with E-state index in [2.05, 4.69) is 10.4 Å². The van der Waals surface area contributed by atoms with Crippen LogP contribution in [0.1, 0.15) is 5.56 Å². The average molecular weight is 256 g/mol. The summed E-state index contributed by atoms with van der Waals surface area (Å²) in [6.07, 6.45) is 1.55. The molecule has 4 nitrogen and oxygen atoms in total. The molecule has 2 rings (SSSR count). The average Bonchev–Trinajstić information content (AvgIpc) is 2.78. The van der Waals surface area contributed by atoms with E-state index in [1.54, 1.807) is 24.6 Å². The molecule has 0 aliphatic carbocycles. The highest BCUT2D eigenvalue weighted by Gasteiger charge is 2.06. The first-order chi connectivity index (χ1) is 7.68. The van der Waals surface area contributed by atoms with Crippen molar-refractivity contribution >= 4 is 28.6 Å². The molecule has 2 aromatic heterocycles. The lowest BCUT2D eigenvalue weighted by atomic mass is 10.3. The van der Waals surface area contributed by atoms with Gasteiger partial charge in [0.15, 0.2) is 0 Å². The number of halogens is 1. The predicted octanol–water partition coefficient (Wildman–Crippen LogP) is 2.11. The molecule has 6 heteroatoms. The van der Waals surface area contributed by atoms with Crippen molar-refractivity contribution < 1.29 is 0 Å². The van der Waals surface area contributed by atoms with Crippen LogP contribution in [-0.4, -0.2) is 9.78 Å². The van der Waals surface area contributed by atoms with E-state index < -0.39 is 0 Å². The van der Waals surface area contributed by atoms with Crippen molar-refractivity contribution in [1.82, 2.24) is 9.78 Å². The minimum atomic E-state index is -0.294. The van der Waals surface area contributed by atoms with Crippen molar-refractivity contribution in [3.05, 3.63) is 44.0 Å². The lowest BCUT2D eigenvalue weighted by Crippen LogP contribution is -2.20. The smallest absolute Gasteiger partial charge is 0.287 e. The van der Waals surface area contributed by atoms with Crippen LogP contribution < -0.4 is 10.9 Å². The number of aryl methyl sites for hydroxylation is 1. The molecule has 1 N–H and O–H groups in total. The Bertz CT molecular complexity index is 535. The summed E-state index contributed by atoms with van der Waals surface area (Å²) in [4.78, 5) is 11.5. The highest BCUT2D eigenvalue weighted by Crippen LogP contribution is 2.16. The van der Waals surface area contributed by atoms with Crippen molar-refractivity contribution in [2.24, 2.45) is 7.05 Å². The van der Waals surface area contributed by atoms with Crippen LogP contribution in [0.3, 0.4) is 0 Å². The number of thiophene rings is 1. The number of rotatable bonds is 3. The molecule has 0 saturated carbocycles. The molecule has 0 atom stereocenters. The maximum Gasteiger partial charge on any atom is 0.287 e. The summed E-state index contributed by atoms with van der Waals surface area (Å²) in [5, 5.41) is 11.2. The zero-order chi connectivity index (χ0) is 11.5. The monoisotopic (exact) mass is 255 g/mol. The van der Waals surface area contributed by atoms with Gasteiger partial charge in [-0.1, -0.05) is 11.6 Å². The van der Waals surface area contributed by atoms with E-state index in [1.807, 2.05) is 16.8 Å². The van der Waals surface area contributed by atoms with Gasteiger partial charge in [0.2, 0.25) is 0 Å². The molecule has 0 unspecified atom stereocenters. The minimum absolute atomic E-state index is 0.174. The third kappa shape index (κ3) is 2.25. The Morgan fingerprint density at radius 3 is 3.12 bits per heavy atom. The van der Waals surface area contributed by atoms with Crippen LogP contribution >= 0.6 is 22.9 Å². The van der Waals surface area contributed by atoms with Crippen LogP contribution in [0.5, 0.6) is 0 Å². The SMILES string of the molecule is Cn1ncc(NCc2ccsc2)c(Cl)c1=O. The number of nitrogens with zero attached hydrogens (tertiary/aromatic N) is 2. The van der Waals surface area contributed by atoms with Crippen molar-refractivity contribution in [1.29, 1.82) is 0 Å². The highest BCUT2D eigenvalue weighted by molar-refractivity contribution is 7.07. The van der Waals surface area contributed by atoms with Gasteiger partial charge in [-0.15, -0.1) is 0 Å². The topological polar surface area (TPSA) is 46.9 Å². The Labute approximate surface area is 101 Å². The van der Waals surface area contributed by atoms with Crippen LogP contribution in [0, 0.1) is 0 Å². The van der Waals surface area contributed by atoms with Gasteiger partial charge in [-0.25, -0.2) is 4.68 Å². The van der Waals surface area contributed by atoms with Gasteiger partial charge in [0.05, 0.1) is 11.9 Å². The fourth-order valence-corrected chi connectivity index (χ4v) is 2.13. The molecule has 16 heavy (non-hydrogen) atoms. The van der Waals surface area contributed by atoms with Crippen molar-refractivity contribution in [2.75, 3.05) is 5.32 Å². The number of nitrogens with one attached hydrogen (secondary N) is 1. The largest absolute Gasteiger partial charge is 0.378 e. The number of aromatic nitrogens is 2. The first-order valence-electron chi connectivity index (χ1n) is 4.65. The summed E-state index contributed by atoms with van der Waals surface area (Å²) in [5.41, 5.74) is 1.43. The predicted molar refractivity (Wildman–Crippen MR) is 66.1 cm³/mol. The highest BCUT2D eigenvalue weighted by atomic mass is 35.5. The fraction of sp³-hybridized carbons (Fsp3) is 0.200. The molecule has 0 aliphatic heterocycles. The summed E-state index contributed by atoms with van der Waals surface area (Å²) in [6, 6.07) is 2.01. The van der Waals surface area contributed by atoms with Gasteiger partial charge in [-0.05, 0) is 22.4 Å². The summed E-state index contributed by atoms with van der Waals surface area (Å²) in [6.45, 7) is 0.637. The third-order valence-corrected chi connectivity index (χ3v) is 3.24. The molecule has 0 fully saturated rings. The summed E-state index contributed by atoms with van der Waals surface area (Å²) >= 11 is 7.54. The summed E-state index contributed by atoms with van der Waals surface area (Å²) in [5.74, 6) is 0. The zero-order valence-corrected chi connectivity index (χ0v) is 10.2. The molecule has 0 radical (unpaired) electrons. The lowest BCUT2D eigenvalue weighted by molar-refractivity contribution is 0.708. The number of hydrogen-bond donors (Lipinski definition) is 1. The standard InChI is InChI=1S/C10H10ClN3OS/c1-14-10(15)9(11)8(5-13-14)12-4-7-2-3-16-6-7/h2-3,5-6,12H,4H2,1H3. The molecule has 0 amide bonds. The van der Waals surface area contributed by atoms with Gasteiger partial charge >= 0.3 is 0 Å². The van der Waals surface area contributed by atoms with Crippen LogP contribution in [0.2, 0.25) is 5.02 Å². The van der Waals surface area contributed by atoms with Gasteiger partial charge in [0.25, 0.3) is 5.56 Å². The molecular formula is C10H10ClN3OS. The second kappa shape index (κ2) is 4.67. The van der Waals surface area contributed by atoms with Crippen molar-refractivity contribution in [3.63, 3.8) is 0 Å². The van der Waals surface area contributed by atoms with E-state index in [1.165, 1.54) is 4.68 Å². The Morgan fingerprint density at radius 2 is 2.44 bits per heavy atom. The molecule has 0 aromatic carbocycles. The quantitative estimate of drug-likeness (QED) is 0.914. The summed E-state index contributed by atoms with van der Waals surface area (Å²) < 4.78 is 1.21. The van der Waals surface area contributed by atoms with Crippen LogP contribution in [0.15, 0.2) is 27.8 Å². The van der Waals surface area contributed by atoms with Gasteiger partial charge in [0, 0.05) is 13.6 Å². The molecule has 2 aromatic rings. The van der Waals surface area contributed by atoms with E-state index in [-0.39, 0.29) is 10.6 Å². The third-order valence-electron chi connectivity index (χ3n) is 2.14. The summed E-state index contributed by atoms with van der Waals surface area (Å²) in [7, 11) is 1.57. The molecular weight excluding hydrogens is 246 g/mol.